The standard InChI is InChI=1S/C18H24N2O3/c21-18(20-6-7-23-17(10-20)14-2-1-3-14)19-9-13-4-5-15-11-22-12-16(15)8-13/h4-5,8,14,17H,1-3,6-7,9-12H2,(H,19,21). The number of fused-ring (bicyclic) bond motifs is 1. The van der Waals surface area contributed by atoms with Gasteiger partial charge in [-0.05, 0) is 35.4 Å². The van der Waals surface area contributed by atoms with E-state index in [1.807, 2.05) is 4.90 Å². The van der Waals surface area contributed by atoms with Crippen LogP contribution in [-0.2, 0) is 29.2 Å². The monoisotopic (exact) mass is 316 g/mol. The van der Waals surface area contributed by atoms with Gasteiger partial charge in [-0.25, -0.2) is 4.79 Å². The first-order valence-electron chi connectivity index (χ1n) is 8.62. The van der Waals surface area contributed by atoms with Crippen LogP contribution in [0.3, 0.4) is 0 Å². The van der Waals surface area contributed by atoms with E-state index in [2.05, 4.69) is 23.5 Å². The molecule has 3 aliphatic rings. The first kappa shape index (κ1) is 15.0. The molecule has 5 nitrogen and oxygen atoms in total. The summed E-state index contributed by atoms with van der Waals surface area (Å²) >= 11 is 0. The van der Waals surface area contributed by atoms with Gasteiger partial charge in [-0.3, -0.25) is 0 Å². The van der Waals surface area contributed by atoms with Gasteiger partial charge in [0, 0.05) is 19.6 Å². The molecule has 2 fully saturated rings. The zero-order valence-corrected chi connectivity index (χ0v) is 13.4. The minimum absolute atomic E-state index is 0.0226. The molecule has 5 heteroatoms. The van der Waals surface area contributed by atoms with E-state index < -0.39 is 0 Å². The zero-order valence-electron chi connectivity index (χ0n) is 13.4. The van der Waals surface area contributed by atoms with Gasteiger partial charge < -0.3 is 19.7 Å². The molecule has 1 saturated heterocycles. The van der Waals surface area contributed by atoms with E-state index >= 15 is 0 Å². The lowest BCUT2D eigenvalue weighted by atomic mass is 9.80. The molecular formula is C18H24N2O3. The van der Waals surface area contributed by atoms with Crippen LogP contribution in [0.25, 0.3) is 0 Å². The predicted octanol–water partition coefficient (Wildman–Crippen LogP) is 2.43. The molecule has 0 radical (unpaired) electrons. The SMILES string of the molecule is O=C(NCc1ccc2c(c1)COC2)N1CCOC(C2CCC2)C1. The summed E-state index contributed by atoms with van der Waals surface area (Å²) in [5.41, 5.74) is 3.64. The lowest BCUT2D eigenvalue weighted by Crippen LogP contribution is -2.52. The van der Waals surface area contributed by atoms with Crippen molar-refractivity contribution in [3.05, 3.63) is 34.9 Å². The summed E-state index contributed by atoms with van der Waals surface area (Å²) in [6.07, 6.45) is 4.04. The average Bonchev–Trinajstić information content (AvgIpc) is 2.99. The third-order valence-corrected chi connectivity index (χ3v) is 5.29. The molecule has 23 heavy (non-hydrogen) atoms. The molecule has 1 aliphatic carbocycles. The third-order valence-electron chi connectivity index (χ3n) is 5.29. The Labute approximate surface area is 136 Å². The van der Waals surface area contributed by atoms with Gasteiger partial charge in [0.15, 0.2) is 0 Å². The maximum absolute atomic E-state index is 12.4. The fraction of sp³-hybridized carbons (Fsp3) is 0.611. The topological polar surface area (TPSA) is 50.8 Å². The predicted molar refractivity (Wildman–Crippen MR) is 85.8 cm³/mol. The number of morpholine rings is 1. The van der Waals surface area contributed by atoms with Crippen LogP contribution in [0, 0.1) is 5.92 Å². The van der Waals surface area contributed by atoms with Crippen LogP contribution in [0.15, 0.2) is 18.2 Å². The lowest BCUT2D eigenvalue weighted by Gasteiger charge is -2.40. The number of urea groups is 1. The Balaban J connectivity index is 1.31. The zero-order chi connectivity index (χ0) is 15.6. The quantitative estimate of drug-likeness (QED) is 0.932. The Hall–Kier alpha value is -1.59. The van der Waals surface area contributed by atoms with E-state index in [1.165, 1.54) is 30.4 Å². The van der Waals surface area contributed by atoms with Crippen LogP contribution >= 0.6 is 0 Å². The summed E-state index contributed by atoms with van der Waals surface area (Å²) in [4.78, 5) is 14.3. The van der Waals surface area contributed by atoms with Gasteiger partial charge in [-0.1, -0.05) is 24.6 Å². The number of hydrogen-bond acceptors (Lipinski definition) is 3. The first-order valence-corrected chi connectivity index (χ1v) is 8.62. The van der Waals surface area contributed by atoms with Gasteiger partial charge in [0.1, 0.15) is 0 Å². The van der Waals surface area contributed by atoms with Crippen molar-refractivity contribution in [2.24, 2.45) is 5.92 Å². The van der Waals surface area contributed by atoms with Gasteiger partial charge in [-0.15, -0.1) is 0 Å². The van der Waals surface area contributed by atoms with E-state index in [1.54, 1.807) is 0 Å². The number of ether oxygens (including phenoxy) is 2. The molecule has 1 aromatic rings. The maximum Gasteiger partial charge on any atom is 0.317 e. The summed E-state index contributed by atoms with van der Waals surface area (Å²) < 4.78 is 11.3. The van der Waals surface area contributed by atoms with Gasteiger partial charge >= 0.3 is 6.03 Å². The minimum atomic E-state index is 0.0226. The third kappa shape index (κ3) is 3.21. The van der Waals surface area contributed by atoms with Crippen LogP contribution in [0.2, 0.25) is 0 Å². The van der Waals surface area contributed by atoms with Crippen molar-refractivity contribution >= 4 is 6.03 Å². The van der Waals surface area contributed by atoms with Crippen molar-refractivity contribution in [3.8, 4) is 0 Å². The Bertz CT molecular complexity index is 586. The van der Waals surface area contributed by atoms with E-state index in [4.69, 9.17) is 9.47 Å². The van der Waals surface area contributed by atoms with E-state index in [0.717, 1.165) is 12.1 Å². The largest absolute Gasteiger partial charge is 0.374 e. The smallest absolute Gasteiger partial charge is 0.317 e. The highest BCUT2D eigenvalue weighted by Gasteiger charge is 2.33. The van der Waals surface area contributed by atoms with E-state index in [0.29, 0.717) is 38.8 Å². The number of hydrogen-bond donors (Lipinski definition) is 1. The molecule has 0 aromatic heterocycles. The summed E-state index contributed by atoms with van der Waals surface area (Å²) in [6, 6.07) is 6.34. The van der Waals surface area contributed by atoms with Crippen molar-refractivity contribution in [1.82, 2.24) is 10.2 Å². The summed E-state index contributed by atoms with van der Waals surface area (Å²) in [5, 5.41) is 3.05. The van der Waals surface area contributed by atoms with Gasteiger partial charge in [0.25, 0.3) is 0 Å². The van der Waals surface area contributed by atoms with Crippen LogP contribution in [0.4, 0.5) is 4.79 Å². The normalized spacial score (nSPS) is 24.2. The molecule has 1 unspecified atom stereocenters. The fourth-order valence-electron chi connectivity index (χ4n) is 3.58. The van der Waals surface area contributed by atoms with Crippen LogP contribution in [0.5, 0.6) is 0 Å². The maximum atomic E-state index is 12.4. The van der Waals surface area contributed by atoms with Crippen LogP contribution in [-0.4, -0.2) is 36.7 Å². The molecule has 0 bridgehead atoms. The highest BCUT2D eigenvalue weighted by Crippen LogP contribution is 2.32. The summed E-state index contributed by atoms with van der Waals surface area (Å²) in [7, 11) is 0. The molecule has 1 saturated carbocycles. The molecule has 2 amide bonds. The van der Waals surface area contributed by atoms with Gasteiger partial charge in [0.2, 0.25) is 0 Å². The Kier molecular flexibility index (Phi) is 4.23. The molecule has 124 valence electrons. The molecule has 0 spiro atoms. The summed E-state index contributed by atoms with van der Waals surface area (Å²) in [5.74, 6) is 0.655. The molecular weight excluding hydrogens is 292 g/mol. The first-order chi connectivity index (χ1) is 11.3. The highest BCUT2D eigenvalue weighted by atomic mass is 16.5. The van der Waals surface area contributed by atoms with Crippen LogP contribution < -0.4 is 5.32 Å². The number of benzene rings is 1. The fourth-order valence-corrected chi connectivity index (χ4v) is 3.58. The van der Waals surface area contributed by atoms with Crippen molar-refractivity contribution < 1.29 is 14.3 Å². The van der Waals surface area contributed by atoms with Gasteiger partial charge in [-0.2, -0.15) is 0 Å². The Morgan fingerprint density at radius 3 is 2.96 bits per heavy atom. The second-order valence-corrected chi connectivity index (χ2v) is 6.80. The molecule has 1 aromatic carbocycles. The molecule has 2 aliphatic heterocycles. The Morgan fingerprint density at radius 1 is 1.26 bits per heavy atom. The molecule has 2 heterocycles. The van der Waals surface area contributed by atoms with Crippen molar-refractivity contribution in [2.75, 3.05) is 19.7 Å². The number of amides is 2. The van der Waals surface area contributed by atoms with E-state index in [9.17, 15) is 4.79 Å². The second kappa shape index (κ2) is 6.49. The highest BCUT2D eigenvalue weighted by molar-refractivity contribution is 5.74. The molecule has 1 atom stereocenters. The number of nitrogens with one attached hydrogen (secondary N) is 1. The van der Waals surface area contributed by atoms with Crippen molar-refractivity contribution in [2.45, 2.75) is 45.1 Å². The number of carbonyl (C=O) groups excluding carboxylic acids is 1. The van der Waals surface area contributed by atoms with Crippen molar-refractivity contribution in [1.29, 1.82) is 0 Å². The molecule has 1 N–H and O–H groups in total. The number of rotatable bonds is 3. The molecule has 4 rings (SSSR count). The summed E-state index contributed by atoms with van der Waals surface area (Å²) in [6.45, 7) is 4.03. The number of nitrogens with zero attached hydrogens (tertiary/aromatic N) is 1. The lowest BCUT2D eigenvalue weighted by molar-refractivity contribution is -0.0628. The van der Waals surface area contributed by atoms with E-state index in [-0.39, 0.29) is 12.1 Å². The van der Waals surface area contributed by atoms with Gasteiger partial charge in [0.05, 0.1) is 25.9 Å². The van der Waals surface area contributed by atoms with Crippen LogP contribution in [0.1, 0.15) is 36.0 Å². The minimum Gasteiger partial charge on any atom is -0.374 e. The van der Waals surface area contributed by atoms with Crippen molar-refractivity contribution in [3.63, 3.8) is 0 Å². The second-order valence-electron chi connectivity index (χ2n) is 6.80. The average molecular weight is 316 g/mol. The number of carbonyl (C=O) groups is 1. The Morgan fingerprint density at radius 2 is 2.13 bits per heavy atom.